The molecule has 1 saturated heterocycles. The Hall–Kier alpha value is -3.47. The van der Waals surface area contributed by atoms with Crippen molar-refractivity contribution in [1.29, 1.82) is 10.5 Å². The van der Waals surface area contributed by atoms with Gasteiger partial charge in [-0.25, -0.2) is 14.1 Å². The summed E-state index contributed by atoms with van der Waals surface area (Å²) in [6.07, 6.45) is 15.9. The van der Waals surface area contributed by atoms with E-state index in [2.05, 4.69) is 23.1 Å². The third-order valence-corrected chi connectivity index (χ3v) is 11.3. The van der Waals surface area contributed by atoms with Crippen molar-refractivity contribution in [2.45, 2.75) is 146 Å². The summed E-state index contributed by atoms with van der Waals surface area (Å²) < 4.78 is 42.5. The first-order chi connectivity index (χ1) is 27.6. The SMILES string of the molecule is CCCCCCCCCCCCCCCCCCOC[C@@H](COP(=O)(O)OC[C@H]1O[C@@](C#N)(c2ccc3c(N)ncnn23)[C@@H](O)C1O)OCc1cccc(C#N)c1. The molecule has 2 unspecified atom stereocenters. The van der Waals surface area contributed by atoms with Gasteiger partial charge in [-0.2, -0.15) is 15.6 Å². The summed E-state index contributed by atoms with van der Waals surface area (Å²) in [5, 5.41) is 45.3. The van der Waals surface area contributed by atoms with E-state index in [1.54, 1.807) is 24.3 Å². The number of nitriles is 2. The van der Waals surface area contributed by atoms with Crippen LogP contribution in [0.1, 0.15) is 126 Å². The van der Waals surface area contributed by atoms with Gasteiger partial charge in [0.15, 0.2) is 5.82 Å². The van der Waals surface area contributed by atoms with Crippen molar-refractivity contribution in [2.75, 3.05) is 32.2 Å². The number of aliphatic hydroxyl groups excluding tert-OH is 2. The minimum atomic E-state index is -4.76. The number of hydrogen-bond donors (Lipinski definition) is 4. The van der Waals surface area contributed by atoms with Crippen molar-refractivity contribution in [3.63, 3.8) is 0 Å². The number of rotatable bonds is 29. The lowest BCUT2D eigenvalue weighted by Crippen LogP contribution is -2.41. The van der Waals surface area contributed by atoms with E-state index in [1.807, 2.05) is 6.07 Å². The van der Waals surface area contributed by atoms with Crippen molar-refractivity contribution in [3.8, 4) is 12.1 Å². The van der Waals surface area contributed by atoms with E-state index in [-0.39, 0.29) is 31.3 Å². The molecule has 3 aromatic rings. The van der Waals surface area contributed by atoms with Gasteiger partial charge in [-0.3, -0.25) is 9.05 Å². The molecular formula is C41H61N6O9P. The number of nitrogens with zero attached hydrogens (tertiary/aromatic N) is 5. The van der Waals surface area contributed by atoms with E-state index in [9.17, 15) is 30.2 Å². The highest BCUT2D eigenvalue weighted by molar-refractivity contribution is 7.47. The van der Waals surface area contributed by atoms with Gasteiger partial charge in [0.1, 0.15) is 42.3 Å². The lowest BCUT2D eigenvalue weighted by atomic mass is 9.92. The normalized spacial score (nSPS) is 21.0. The smallest absolute Gasteiger partial charge is 0.387 e. The largest absolute Gasteiger partial charge is 0.472 e. The molecule has 0 saturated carbocycles. The van der Waals surface area contributed by atoms with Crippen molar-refractivity contribution >= 4 is 19.2 Å². The number of anilines is 1. The second-order valence-electron chi connectivity index (χ2n) is 14.8. The average Bonchev–Trinajstić information content (AvgIpc) is 3.76. The zero-order valence-corrected chi connectivity index (χ0v) is 34.1. The average molecular weight is 813 g/mol. The summed E-state index contributed by atoms with van der Waals surface area (Å²) in [5.74, 6) is 0.124. The van der Waals surface area contributed by atoms with E-state index >= 15 is 0 Å². The second-order valence-corrected chi connectivity index (χ2v) is 16.2. The molecule has 5 N–H and O–H groups in total. The van der Waals surface area contributed by atoms with E-state index in [1.165, 1.54) is 106 Å². The Kier molecular flexibility index (Phi) is 19.8. The number of benzene rings is 1. The topological polar surface area (TPSA) is 228 Å². The van der Waals surface area contributed by atoms with Crippen LogP contribution in [-0.4, -0.2) is 80.5 Å². The van der Waals surface area contributed by atoms with Crippen LogP contribution in [-0.2, 0) is 40.0 Å². The molecule has 1 aliphatic rings. The maximum absolute atomic E-state index is 13.0. The van der Waals surface area contributed by atoms with Gasteiger partial charge in [-0.15, -0.1) is 0 Å². The highest BCUT2D eigenvalue weighted by Gasteiger charge is 2.58. The van der Waals surface area contributed by atoms with Crippen molar-refractivity contribution < 1.29 is 42.9 Å². The van der Waals surface area contributed by atoms with Crippen LogP contribution in [0.15, 0.2) is 42.7 Å². The number of nitrogen functional groups attached to an aromatic ring is 1. The molecule has 1 fully saturated rings. The van der Waals surface area contributed by atoms with Gasteiger partial charge in [0.05, 0.1) is 43.8 Å². The van der Waals surface area contributed by atoms with Gasteiger partial charge in [-0.1, -0.05) is 115 Å². The van der Waals surface area contributed by atoms with Gasteiger partial charge in [0, 0.05) is 6.61 Å². The number of aliphatic hydroxyl groups is 2. The predicted molar refractivity (Wildman–Crippen MR) is 213 cm³/mol. The third-order valence-electron chi connectivity index (χ3n) is 10.3. The van der Waals surface area contributed by atoms with E-state index in [4.69, 9.17) is 29.0 Å². The Morgan fingerprint density at radius 3 is 2.21 bits per heavy atom. The van der Waals surface area contributed by atoms with Gasteiger partial charge >= 0.3 is 7.82 Å². The number of unbranched alkanes of at least 4 members (excludes halogenated alkanes) is 15. The lowest BCUT2D eigenvalue weighted by Gasteiger charge is -2.24. The van der Waals surface area contributed by atoms with Crippen molar-refractivity contribution in [3.05, 3.63) is 59.5 Å². The number of phosphoric ester groups is 1. The fourth-order valence-electron chi connectivity index (χ4n) is 6.99. The molecule has 2 aromatic heterocycles. The second kappa shape index (κ2) is 24.5. The summed E-state index contributed by atoms with van der Waals surface area (Å²) >= 11 is 0. The molecule has 0 bridgehead atoms. The summed E-state index contributed by atoms with van der Waals surface area (Å²) in [7, 11) is -4.76. The molecule has 3 heterocycles. The standard InChI is InChI=1S/C41H61N6O9P/c1-2-3-4-5-6-7-8-9-10-11-12-13-14-15-16-17-23-52-27-34(53-26-33-20-18-19-32(24-33)25-42)28-54-57(50,51)55-29-36-38(48)39(49)41(30-43,56-36)37-22-21-35-40(44)45-31-46-47(35)37/h18-22,24,31,34,36,38-39,48-49H,2-17,23,26-29H2,1H3,(H,50,51)(H2,44,45,46)/t34-,36+,38?,39-,41-/m0/s1. The van der Waals surface area contributed by atoms with Crippen LogP contribution >= 0.6 is 7.82 Å². The minimum Gasteiger partial charge on any atom is -0.387 e. The van der Waals surface area contributed by atoms with Crippen LogP contribution in [0.5, 0.6) is 0 Å². The van der Waals surface area contributed by atoms with Crippen LogP contribution in [0, 0.1) is 22.7 Å². The Bertz CT molecular complexity index is 1770. The number of phosphoric acid groups is 1. The van der Waals surface area contributed by atoms with Gasteiger partial charge in [0.25, 0.3) is 0 Å². The molecule has 0 amide bonds. The zero-order valence-electron chi connectivity index (χ0n) is 33.3. The molecular weight excluding hydrogens is 751 g/mol. The number of aromatic nitrogens is 3. The molecule has 16 heteroatoms. The first-order valence-corrected chi connectivity index (χ1v) is 22.0. The van der Waals surface area contributed by atoms with Crippen LogP contribution in [0.4, 0.5) is 5.82 Å². The zero-order chi connectivity index (χ0) is 40.9. The van der Waals surface area contributed by atoms with E-state index in [0.717, 1.165) is 24.8 Å². The molecule has 1 aliphatic heterocycles. The first-order valence-electron chi connectivity index (χ1n) is 20.5. The number of fused-ring (bicyclic) bond motifs is 1. The molecule has 6 atom stereocenters. The number of ether oxygens (including phenoxy) is 3. The first kappa shape index (κ1) is 46.2. The van der Waals surface area contributed by atoms with E-state index < -0.39 is 44.4 Å². The molecule has 57 heavy (non-hydrogen) atoms. The highest BCUT2D eigenvalue weighted by atomic mass is 31.2. The molecule has 0 spiro atoms. The third kappa shape index (κ3) is 14.4. The Morgan fingerprint density at radius 1 is 0.930 bits per heavy atom. The summed E-state index contributed by atoms with van der Waals surface area (Å²) in [6.45, 7) is 1.86. The molecule has 314 valence electrons. The van der Waals surface area contributed by atoms with Crippen molar-refractivity contribution in [1.82, 2.24) is 14.6 Å². The van der Waals surface area contributed by atoms with Gasteiger partial charge in [0.2, 0.25) is 5.60 Å². The fraction of sp³-hybridized carbons (Fsp3) is 0.659. The molecule has 15 nitrogen and oxygen atoms in total. The molecule has 4 rings (SSSR count). The van der Waals surface area contributed by atoms with Crippen LogP contribution in [0.2, 0.25) is 0 Å². The molecule has 0 radical (unpaired) electrons. The van der Waals surface area contributed by atoms with Crippen LogP contribution < -0.4 is 5.73 Å². The molecule has 1 aromatic carbocycles. The fourth-order valence-corrected chi connectivity index (χ4v) is 7.75. The Morgan fingerprint density at radius 2 is 1.58 bits per heavy atom. The number of hydrogen-bond acceptors (Lipinski definition) is 13. The maximum atomic E-state index is 13.0. The monoisotopic (exact) mass is 812 g/mol. The minimum absolute atomic E-state index is 0.0754. The molecule has 0 aliphatic carbocycles. The summed E-state index contributed by atoms with van der Waals surface area (Å²) in [4.78, 5) is 14.5. The lowest BCUT2D eigenvalue weighted by molar-refractivity contribution is -0.0690. The Balaban J connectivity index is 1.18. The van der Waals surface area contributed by atoms with Gasteiger partial charge < -0.3 is 35.1 Å². The Labute approximate surface area is 336 Å². The van der Waals surface area contributed by atoms with Gasteiger partial charge in [-0.05, 0) is 36.2 Å². The van der Waals surface area contributed by atoms with Crippen molar-refractivity contribution in [2.24, 2.45) is 0 Å². The van der Waals surface area contributed by atoms with Crippen LogP contribution in [0.25, 0.3) is 5.52 Å². The maximum Gasteiger partial charge on any atom is 0.472 e. The van der Waals surface area contributed by atoms with E-state index in [0.29, 0.717) is 17.7 Å². The van der Waals surface area contributed by atoms with Crippen LogP contribution in [0.3, 0.4) is 0 Å². The number of nitrogens with two attached hydrogens (primary N) is 1. The predicted octanol–water partition coefficient (Wildman–Crippen LogP) is 7.02. The highest BCUT2D eigenvalue weighted by Crippen LogP contribution is 2.46. The summed E-state index contributed by atoms with van der Waals surface area (Å²) in [5.41, 5.74) is 5.44. The quantitative estimate of drug-likeness (QED) is 0.0408. The summed E-state index contributed by atoms with van der Waals surface area (Å²) in [6, 6.07) is 13.9.